The summed E-state index contributed by atoms with van der Waals surface area (Å²) in [6, 6.07) is 0. The second-order valence-corrected chi connectivity index (χ2v) is 7.61. The van der Waals surface area contributed by atoms with E-state index in [-0.39, 0.29) is 6.10 Å². The highest BCUT2D eigenvalue weighted by Gasteiger charge is 2.25. The third-order valence-corrected chi connectivity index (χ3v) is 6.20. The lowest BCUT2D eigenvalue weighted by molar-refractivity contribution is 0.114. The number of hydrogen-bond acceptors (Lipinski definition) is 5. The zero-order chi connectivity index (χ0) is 14.6. The van der Waals surface area contributed by atoms with Crippen molar-refractivity contribution >= 4 is 21.4 Å². The molecule has 0 saturated carbocycles. The zero-order valence-corrected chi connectivity index (χ0v) is 13.6. The maximum Gasteiger partial charge on any atom is 0.242 e. The van der Waals surface area contributed by atoms with Gasteiger partial charge in [-0.25, -0.2) is 13.1 Å². The van der Waals surface area contributed by atoms with Crippen LogP contribution in [0.1, 0.15) is 30.2 Å². The van der Waals surface area contributed by atoms with Gasteiger partial charge in [0.1, 0.15) is 4.90 Å². The number of thiophene rings is 1. The predicted octanol–water partition coefficient (Wildman–Crippen LogP) is 1.62. The lowest BCUT2D eigenvalue weighted by atomic mass is 10.2. The van der Waals surface area contributed by atoms with Crippen LogP contribution in [0, 0.1) is 6.92 Å². The molecule has 0 radical (unpaired) electrons. The molecule has 1 aliphatic rings. The van der Waals surface area contributed by atoms with E-state index >= 15 is 0 Å². The monoisotopic (exact) mass is 318 g/mol. The first-order valence-electron chi connectivity index (χ1n) is 6.93. The zero-order valence-electron chi connectivity index (χ0n) is 11.9. The molecule has 5 nitrogen and oxygen atoms in total. The second kappa shape index (κ2) is 7.00. The molecular weight excluding hydrogens is 296 g/mol. The number of hydrogen-bond donors (Lipinski definition) is 2. The predicted molar refractivity (Wildman–Crippen MR) is 80.6 cm³/mol. The van der Waals surface area contributed by atoms with Crippen molar-refractivity contribution < 1.29 is 13.2 Å². The average Bonchev–Trinajstić information content (AvgIpc) is 3.03. The van der Waals surface area contributed by atoms with Gasteiger partial charge in [0.05, 0.1) is 6.10 Å². The average molecular weight is 318 g/mol. The summed E-state index contributed by atoms with van der Waals surface area (Å²) in [5.41, 5.74) is 0.808. The molecule has 2 heterocycles. The van der Waals surface area contributed by atoms with Gasteiger partial charge in [-0.1, -0.05) is 6.92 Å². The van der Waals surface area contributed by atoms with E-state index in [1.807, 2.05) is 19.2 Å². The van der Waals surface area contributed by atoms with Crippen molar-refractivity contribution in [1.29, 1.82) is 0 Å². The number of rotatable bonds is 7. The first kappa shape index (κ1) is 15.9. The molecule has 1 aromatic heterocycles. The van der Waals surface area contributed by atoms with Crippen LogP contribution in [-0.2, 0) is 21.3 Å². The van der Waals surface area contributed by atoms with E-state index in [2.05, 4.69) is 10.0 Å². The molecule has 0 amide bonds. The van der Waals surface area contributed by atoms with Crippen LogP contribution in [0.2, 0.25) is 0 Å². The van der Waals surface area contributed by atoms with Crippen LogP contribution >= 0.6 is 11.3 Å². The molecule has 0 aliphatic carbocycles. The molecule has 7 heteroatoms. The molecule has 1 aromatic rings. The van der Waals surface area contributed by atoms with E-state index in [4.69, 9.17) is 4.74 Å². The van der Waals surface area contributed by atoms with E-state index in [1.165, 1.54) is 11.3 Å². The Morgan fingerprint density at radius 2 is 2.30 bits per heavy atom. The highest BCUT2D eigenvalue weighted by molar-refractivity contribution is 7.89. The minimum atomic E-state index is -3.46. The Labute approximate surface area is 124 Å². The van der Waals surface area contributed by atoms with Crippen LogP contribution in [-0.4, -0.2) is 34.2 Å². The van der Waals surface area contributed by atoms with Crippen LogP contribution in [0.15, 0.2) is 10.3 Å². The minimum absolute atomic E-state index is 0.0148. The molecule has 1 aliphatic heterocycles. The van der Waals surface area contributed by atoms with Gasteiger partial charge in [0.2, 0.25) is 10.0 Å². The van der Waals surface area contributed by atoms with Crippen LogP contribution in [0.4, 0.5) is 0 Å². The lowest BCUT2D eigenvalue weighted by Gasteiger charge is -2.13. The van der Waals surface area contributed by atoms with E-state index in [1.54, 1.807) is 0 Å². The lowest BCUT2D eigenvalue weighted by Crippen LogP contribution is -2.32. The molecule has 2 rings (SSSR count). The SMILES string of the molecule is CCNCc1scc(C)c1S(=O)(=O)NCC1CCCO1. The van der Waals surface area contributed by atoms with Gasteiger partial charge in [0, 0.05) is 24.6 Å². The van der Waals surface area contributed by atoms with E-state index < -0.39 is 10.0 Å². The smallest absolute Gasteiger partial charge is 0.242 e. The van der Waals surface area contributed by atoms with E-state index in [9.17, 15) is 8.42 Å². The van der Waals surface area contributed by atoms with E-state index in [0.717, 1.165) is 36.4 Å². The summed E-state index contributed by atoms with van der Waals surface area (Å²) < 4.78 is 33.1. The van der Waals surface area contributed by atoms with Crippen molar-refractivity contribution in [2.24, 2.45) is 0 Å². The quantitative estimate of drug-likeness (QED) is 0.802. The molecule has 1 fully saturated rings. The fourth-order valence-corrected chi connectivity index (χ4v) is 5.13. The van der Waals surface area contributed by atoms with Crippen molar-refractivity contribution in [3.8, 4) is 0 Å². The maximum absolute atomic E-state index is 12.5. The summed E-state index contributed by atoms with van der Waals surface area (Å²) in [6.07, 6.45) is 1.95. The maximum atomic E-state index is 12.5. The number of ether oxygens (including phenoxy) is 1. The van der Waals surface area contributed by atoms with Gasteiger partial charge < -0.3 is 10.1 Å². The standard InChI is InChI=1S/C13H22N2O3S2/c1-3-14-8-12-13(10(2)9-19-12)20(16,17)15-7-11-5-4-6-18-11/h9,11,14-15H,3-8H2,1-2H3. The summed E-state index contributed by atoms with van der Waals surface area (Å²) >= 11 is 1.49. The number of sulfonamides is 1. The molecule has 1 unspecified atom stereocenters. The van der Waals surface area contributed by atoms with Crippen molar-refractivity contribution in [3.05, 3.63) is 15.8 Å². The molecule has 20 heavy (non-hydrogen) atoms. The summed E-state index contributed by atoms with van der Waals surface area (Å²) in [6.45, 7) is 6.34. The van der Waals surface area contributed by atoms with Crippen molar-refractivity contribution in [1.82, 2.24) is 10.0 Å². The molecule has 114 valence electrons. The van der Waals surface area contributed by atoms with Crippen molar-refractivity contribution in [2.45, 2.75) is 44.2 Å². The van der Waals surface area contributed by atoms with E-state index in [0.29, 0.717) is 18.0 Å². The third-order valence-electron chi connectivity index (χ3n) is 3.32. The summed E-state index contributed by atoms with van der Waals surface area (Å²) in [7, 11) is -3.46. The Bertz CT molecular complexity index is 534. The van der Waals surface area contributed by atoms with Crippen molar-refractivity contribution in [3.63, 3.8) is 0 Å². The fraction of sp³-hybridized carbons (Fsp3) is 0.692. The van der Waals surface area contributed by atoms with Crippen LogP contribution in [0.25, 0.3) is 0 Å². The first-order chi connectivity index (χ1) is 9.54. The molecular formula is C13H22N2O3S2. The van der Waals surface area contributed by atoms with Crippen molar-refractivity contribution in [2.75, 3.05) is 19.7 Å². The minimum Gasteiger partial charge on any atom is -0.377 e. The van der Waals surface area contributed by atoms with Crippen LogP contribution in [0.3, 0.4) is 0 Å². The summed E-state index contributed by atoms with van der Waals surface area (Å²) in [4.78, 5) is 1.30. The van der Waals surface area contributed by atoms with Crippen LogP contribution in [0.5, 0.6) is 0 Å². The Morgan fingerprint density at radius 1 is 1.50 bits per heavy atom. The Kier molecular flexibility index (Phi) is 5.57. The number of nitrogens with one attached hydrogen (secondary N) is 2. The highest BCUT2D eigenvalue weighted by atomic mass is 32.2. The molecule has 2 N–H and O–H groups in total. The third kappa shape index (κ3) is 3.79. The van der Waals surface area contributed by atoms with Gasteiger partial charge in [-0.05, 0) is 37.3 Å². The Balaban J connectivity index is 2.09. The molecule has 0 aromatic carbocycles. The highest BCUT2D eigenvalue weighted by Crippen LogP contribution is 2.26. The first-order valence-corrected chi connectivity index (χ1v) is 9.30. The summed E-state index contributed by atoms with van der Waals surface area (Å²) in [5, 5.41) is 5.08. The fourth-order valence-electron chi connectivity index (χ4n) is 2.29. The van der Waals surface area contributed by atoms with Gasteiger partial charge in [-0.3, -0.25) is 0 Å². The second-order valence-electron chi connectivity index (χ2n) is 4.94. The molecule has 1 saturated heterocycles. The van der Waals surface area contributed by atoms with Crippen LogP contribution < -0.4 is 10.0 Å². The largest absolute Gasteiger partial charge is 0.377 e. The Morgan fingerprint density at radius 3 is 2.95 bits per heavy atom. The van der Waals surface area contributed by atoms with Gasteiger partial charge in [0.25, 0.3) is 0 Å². The van der Waals surface area contributed by atoms with Gasteiger partial charge in [-0.2, -0.15) is 0 Å². The summed E-state index contributed by atoms with van der Waals surface area (Å²) in [5.74, 6) is 0. The molecule has 0 bridgehead atoms. The van der Waals surface area contributed by atoms with Gasteiger partial charge in [-0.15, -0.1) is 11.3 Å². The normalized spacial score (nSPS) is 19.6. The van der Waals surface area contributed by atoms with Gasteiger partial charge >= 0.3 is 0 Å². The molecule has 1 atom stereocenters. The molecule has 0 spiro atoms. The topological polar surface area (TPSA) is 67.4 Å². The number of aryl methyl sites for hydroxylation is 1. The Hall–Kier alpha value is -0.470. The van der Waals surface area contributed by atoms with Gasteiger partial charge in [0.15, 0.2) is 0 Å².